The molecule has 0 aliphatic carbocycles. The fourth-order valence-electron chi connectivity index (χ4n) is 5.08. The maximum absolute atomic E-state index is 12.7. The van der Waals surface area contributed by atoms with Gasteiger partial charge in [-0.2, -0.15) is 4.98 Å². The van der Waals surface area contributed by atoms with E-state index in [0.717, 1.165) is 56.8 Å². The molecule has 2 aromatic carbocycles. The molecule has 8 nitrogen and oxygen atoms in total. The summed E-state index contributed by atoms with van der Waals surface area (Å²) in [5, 5.41) is 0. The van der Waals surface area contributed by atoms with Gasteiger partial charge in [0.2, 0.25) is 0 Å². The van der Waals surface area contributed by atoms with E-state index in [-0.39, 0.29) is 18.1 Å². The Hall–Kier alpha value is -3.47. The van der Waals surface area contributed by atoms with Gasteiger partial charge in [0.05, 0.1) is 23.4 Å². The summed E-state index contributed by atoms with van der Waals surface area (Å²) < 4.78 is 15.1. The number of imidazole rings is 1. The quantitative estimate of drug-likeness (QED) is 0.195. The average Bonchev–Trinajstić information content (AvgIpc) is 3.38. The van der Waals surface area contributed by atoms with Gasteiger partial charge in [-0.1, -0.05) is 25.1 Å². The van der Waals surface area contributed by atoms with Crippen molar-refractivity contribution in [2.24, 2.45) is 0 Å². The molecule has 0 saturated carbocycles. The first-order chi connectivity index (χ1) is 19.6. The molecule has 5 rings (SSSR count). The molecular weight excluding hydrogens is 629 g/mol. The number of halogens is 1. The molecule has 4 aromatic rings. The Morgan fingerprint density at radius 1 is 1.05 bits per heavy atom. The monoisotopic (exact) mass is 665 g/mol. The van der Waals surface area contributed by atoms with Gasteiger partial charge < -0.3 is 18.9 Å². The Kier molecular flexibility index (Phi) is 8.63. The van der Waals surface area contributed by atoms with Crippen LogP contribution in [-0.4, -0.2) is 49.2 Å². The Bertz CT molecular complexity index is 1520. The molecule has 3 heterocycles. The summed E-state index contributed by atoms with van der Waals surface area (Å²) >= 11 is 2.31. The second-order valence-electron chi connectivity index (χ2n) is 11.4. The van der Waals surface area contributed by atoms with Gasteiger partial charge >= 0.3 is 12.1 Å². The summed E-state index contributed by atoms with van der Waals surface area (Å²) in [6, 6.07) is 16.8. The lowest BCUT2D eigenvalue weighted by Crippen LogP contribution is -2.42. The van der Waals surface area contributed by atoms with Crippen molar-refractivity contribution in [3.05, 3.63) is 75.8 Å². The zero-order chi connectivity index (χ0) is 29.1. The first-order valence-electron chi connectivity index (χ1n) is 14.0. The summed E-state index contributed by atoms with van der Waals surface area (Å²) in [4.78, 5) is 28.6. The van der Waals surface area contributed by atoms with E-state index in [1.165, 1.54) is 5.56 Å². The molecule has 1 saturated heterocycles. The van der Waals surface area contributed by atoms with E-state index in [0.29, 0.717) is 13.1 Å². The molecule has 9 heteroatoms. The number of rotatable bonds is 6. The summed E-state index contributed by atoms with van der Waals surface area (Å²) in [7, 11) is 0. The lowest BCUT2D eigenvalue weighted by atomic mass is 10.0. The molecule has 2 aromatic heterocycles. The molecule has 0 bridgehead atoms. The molecule has 0 unspecified atom stereocenters. The van der Waals surface area contributed by atoms with Crippen LogP contribution in [-0.2, 0) is 11.2 Å². The van der Waals surface area contributed by atoms with E-state index >= 15 is 0 Å². The third kappa shape index (κ3) is 7.06. The molecule has 41 heavy (non-hydrogen) atoms. The number of carbonyl (C=O) groups excluding carboxylic acids is 1. The predicted molar refractivity (Wildman–Crippen MR) is 168 cm³/mol. The van der Waals surface area contributed by atoms with Gasteiger partial charge in [0.25, 0.3) is 0 Å². The van der Waals surface area contributed by atoms with Crippen LogP contribution in [0.1, 0.15) is 57.7 Å². The van der Waals surface area contributed by atoms with Crippen molar-refractivity contribution >= 4 is 28.7 Å². The first-order valence-corrected chi connectivity index (χ1v) is 15.1. The maximum atomic E-state index is 12.7. The van der Waals surface area contributed by atoms with Crippen molar-refractivity contribution in [2.75, 3.05) is 13.1 Å². The number of aryl methyl sites for hydroxylation is 2. The van der Waals surface area contributed by atoms with Crippen molar-refractivity contribution in [3.8, 4) is 34.4 Å². The molecule has 0 spiro atoms. The van der Waals surface area contributed by atoms with Gasteiger partial charge in [0.15, 0.2) is 0 Å². The highest BCUT2D eigenvalue weighted by Gasteiger charge is 2.30. The molecule has 0 N–H and O–H groups in total. The number of aromatic nitrogens is 4. The van der Waals surface area contributed by atoms with Crippen LogP contribution in [0.15, 0.2) is 61.1 Å². The van der Waals surface area contributed by atoms with E-state index in [9.17, 15) is 4.79 Å². The van der Waals surface area contributed by atoms with Gasteiger partial charge in [0, 0.05) is 34.5 Å². The Morgan fingerprint density at radius 3 is 2.46 bits per heavy atom. The molecule has 0 radical (unpaired) electrons. The molecule has 1 aliphatic rings. The SMILES string of the molecule is CCc1cc(C)cc(Oc2nccc(-c3c(-c4ccc(I)cc4)ncn3C3CCN(C(=O)OC(C)(C)C)CC3)n2)c1. The van der Waals surface area contributed by atoms with E-state index in [1.54, 1.807) is 11.1 Å². The van der Waals surface area contributed by atoms with Crippen LogP contribution in [0.25, 0.3) is 22.6 Å². The van der Waals surface area contributed by atoms with Crippen molar-refractivity contribution in [2.45, 2.75) is 65.5 Å². The predicted octanol–water partition coefficient (Wildman–Crippen LogP) is 7.85. The first kappa shape index (κ1) is 29.0. The normalized spacial score (nSPS) is 14.2. The van der Waals surface area contributed by atoms with Crippen LogP contribution in [0, 0.1) is 10.5 Å². The number of hydrogen-bond acceptors (Lipinski definition) is 6. The Labute approximate surface area is 255 Å². The summed E-state index contributed by atoms with van der Waals surface area (Å²) in [6.45, 7) is 11.1. The van der Waals surface area contributed by atoms with E-state index in [1.807, 2.05) is 45.3 Å². The van der Waals surface area contributed by atoms with Crippen molar-refractivity contribution in [1.29, 1.82) is 0 Å². The minimum atomic E-state index is -0.517. The summed E-state index contributed by atoms with van der Waals surface area (Å²) in [5.41, 5.74) is 5.33. The number of carbonyl (C=O) groups is 1. The fraction of sp³-hybridized carbons (Fsp3) is 0.375. The second kappa shape index (κ2) is 12.2. The van der Waals surface area contributed by atoms with Gasteiger partial charge in [-0.15, -0.1) is 0 Å². The Balaban J connectivity index is 1.47. The van der Waals surface area contributed by atoms with Crippen LogP contribution in [0.4, 0.5) is 4.79 Å². The largest absolute Gasteiger partial charge is 0.444 e. The number of piperidine rings is 1. The number of amides is 1. The maximum Gasteiger partial charge on any atom is 0.410 e. The summed E-state index contributed by atoms with van der Waals surface area (Å²) in [6.07, 6.45) is 5.85. The number of nitrogens with zero attached hydrogens (tertiary/aromatic N) is 5. The molecule has 1 aliphatic heterocycles. The highest BCUT2D eigenvalue weighted by molar-refractivity contribution is 14.1. The Morgan fingerprint density at radius 2 is 1.78 bits per heavy atom. The lowest BCUT2D eigenvalue weighted by Gasteiger charge is -2.34. The van der Waals surface area contributed by atoms with E-state index in [4.69, 9.17) is 19.4 Å². The number of ether oxygens (including phenoxy) is 2. The minimum absolute atomic E-state index is 0.150. The summed E-state index contributed by atoms with van der Waals surface area (Å²) in [5.74, 6) is 0.722. The van der Waals surface area contributed by atoms with Gasteiger partial charge in [-0.25, -0.2) is 14.8 Å². The molecule has 1 fully saturated rings. The topological polar surface area (TPSA) is 82.4 Å². The van der Waals surface area contributed by atoms with Gasteiger partial charge in [-0.05, 0) is 111 Å². The third-order valence-electron chi connectivity index (χ3n) is 7.03. The highest BCUT2D eigenvalue weighted by Crippen LogP contribution is 2.36. The third-order valence-corrected chi connectivity index (χ3v) is 7.74. The fourth-order valence-corrected chi connectivity index (χ4v) is 5.44. The van der Waals surface area contributed by atoms with Crippen LogP contribution >= 0.6 is 22.6 Å². The van der Waals surface area contributed by atoms with Crippen molar-refractivity contribution in [1.82, 2.24) is 24.4 Å². The van der Waals surface area contributed by atoms with E-state index in [2.05, 4.69) is 76.3 Å². The number of likely N-dealkylation sites (tertiary alicyclic amines) is 1. The second-order valence-corrected chi connectivity index (χ2v) is 12.6. The molecule has 0 atom stereocenters. The number of benzene rings is 2. The van der Waals surface area contributed by atoms with Crippen LogP contribution in [0.5, 0.6) is 11.8 Å². The molecular formula is C32H36IN5O3. The highest BCUT2D eigenvalue weighted by atomic mass is 127. The van der Waals surface area contributed by atoms with E-state index < -0.39 is 5.60 Å². The van der Waals surface area contributed by atoms with Crippen LogP contribution < -0.4 is 4.74 Å². The zero-order valence-electron chi connectivity index (χ0n) is 24.2. The van der Waals surface area contributed by atoms with Crippen LogP contribution in [0.2, 0.25) is 0 Å². The van der Waals surface area contributed by atoms with Crippen LogP contribution in [0.3, 0.4) is 0 Å². The zero-order valence-corrected chi connectivity index (χ0v) is 26.4. The number of hydrogen-bond donors (Lipinski definition) is 0. The van der Waals surface area contributed by atoms with Crippen molar-refractivity contribution in [3.63, 3.8) is 0 Å². The standard InChI is InChI=1S/C32H36IN5O3/c1-6-22-17-21(2)18-26(19-22)40-30-34-14-11-27(36-30)29-28(23-7-9-24(33)10-8-23)35-20-38(29)25-12-15-37(16-13-25)31(39)41-32(3,4)5/h7-11,14,17-20,25H,6,12-13,15-16H2,1-5H3. The lowest BCUT2D eigenvalue weighted by molar-refractivity contribution is 0.0189. The average molecular weight is 666 g/mol. The minimum Gasteiger partial charge on any atom is -0.444 e. The smallest absolute Gasteiger partial charge is 0.410 e. The molecule has 1 amide bonds. The van der Waals surface area contributed by atoms with Crippen molar-refractivity contribution < 1.29 is 14.3 Å². The van der Waals surface area contributed by atoms with Gasteiger partial charge in [-0.3, -0.25) is 0 Å². The molecule has 214 valence electrons. The van der Waals surface area contributed by atoms with Gasteiger partial charge in [0.1, 0.15) is 11.4 Å².